The molecule has 1 aliphatic heterocycles. The van der Waals surface area contributed by atoms with Crippen LogP contribution in [0.5, 0.6) is 11.5 Å². The number of nitrogens with zero attached hydrogens (tertiary/aromatic N) is 2. The summed E-state index contributed by atoms with van der Waals surface area (Å²) in [5.74, 6) is 0.878. The van der Waals surface area contributed by atoms with Crippen molar-refractivity contribution in [2.45, 2.75) is 13.8 Å². The third-order valence-corrected chi connectivity index (χ3v) is 4.35. The number of ether oxygens (including phenoxy) is 3. The molecule has 148 valence electrons. The molecule has 0 atom stereocenters. The Morgan fingerprint density at radius 1 is 1.11 bits per heavy atom. The molecule has 0 aliphatic carbocycles. The van der Waals surface area contributed by atoms with E-state index in [-0.39, 0.29) is 12.0 Å². The highest BCUT2D eigenvalue weighted by atomic mass is 35.5. The van der Waals surface area contributed by atoms with Crippen molar-refractivity contribution in [2.24, 2.45) is 0 Å². The Morgan fingerprint density at radius 2 is 1.78 bits per heavy atom. The molecule has 0 unspecified atom stereocenters. The lowest BCUT2D eigenvalue weighted by molar-refractivity contribution is -0.127. The molecule has 1 aliphatic rings. The summed E-state index contributed by atoms with van der Waals surface area (Å²) >= 11 is 6.22. The van der Waals surface area contributed by atoms with Crippen LogP contribution in [0.25, 0.3) is 6.08 Å². The number of piperazine rings is 1. The number of hydrogen-bond donors (Lipinski definition) is 0. The summed E-state index contributed by atoms with van der Waals surface area (Å²) < 4.78 is 15.8. The number of carbonyl (C=O) groups is 2. The number of rotatable bonds is 6. The lowest BCUT2D eigenvalue weighted by atomic mass is 10.1. The van der Waals surface area contributed by atoms with E-state index in [9.17, 15) is 9.59 Å². The maximum absolute atomic E-state index is 12.4. The molecule has 0 N–H and O–H groups in total. The first-order valence-electron chi connectivity index (χ1n) is 8.89. The van der Waals surface area contributed by atoms with Crippen molar-refractivity contribution < 1.29 is 23.8 Å². The first-order chi connectivity index (χ1) is 13.0. The summed E-state index contributed by atoms with van der Waals surface area (Å²) in [7, 11) is 1.53. The van der Waals surface area contributed by atoms with Crippen LogP contribution in [0.3, 0.4) is 0 Å². The van der Waals surface area contributed by atoms with Gasteiger partial charge in [0.15, 0.2) is 11.5 Å². The van der Waals surface area contributed by atoms with Crippen LogP contribution in [-0.4, -0.2) is 68.3 Å². The monoisotopic (exact) mass is 396 g/mol. The lowest BCUT2D eigenvalue weighted by Crippen LogP contribution is -2.50. The Hall–Kier alpha value is -2.41. The Balaban J connectivity index is 2.00. The van der Waals surface area contributed by atoms with E-state index in [1.807, 2.05) is 6.92 Å². The summed E-state index contributed by atoms with van der Waals surface area (Å²) in [6.45, 7) is 6.31. The van der Waals surface area contributed by atoms with Crippen LogP contribution in [0.15, 0.2) is 18.2 Å². The molecule has 0 saturated carbocycles. The second-order valence-electron chi connectivity index (χ2n) is 5.81. The first kappa shape index (κ1) is 20.9. The number of carbonyl (C=O) groups excluding carboxylic acids is 2. The molecule has 27 heavy (non-hydrogen) atoms. The van der Waals surface area contributed by atoms with Crippen LogP contribution in [-0.2, 0) is 9.53 Å². The van der Waals surface area contributed by atoms with Crippen LogP contribution >= 0.6 is 11.6 Å². The minimum atomic E-state index is -0.337. The van der Waals surface area contributed by atoms with Gasteiger partial charge in [-0.2, -0.15) is 0 Å². The summed E-state index contributed by atoms with van der Waals surface area (Å²) in [6.07, 6.45) is 2.85. The fourth-order valence-electron chi connectivity index (χ4n) is 2.74. The number of methoxy groups -OCH3 is 1. The second kappa shape index (κ2) is 10.1. The van der Waals surface area contributed by atoms with Crippen molar-refractivity contribution in [3.63, 3.8) is 0 Å². The van der Waals surface area contributed by atoms with Crippen molar-refractivity contribution in [3.8, 4) is 11.5 Å². The van der Waals surface area contributed by atoms with E-state index >= 15 is 0 Å². The molecule has 0 bridgehead atoms. The quantitative estimate of drug-likeness (QED) is 0.691. The van der Waals surface area contributed by atoms with Gasteiger partial charge >= 0.3 is 6.09 Å². The summed E-state index contributed by atoms with van der Waals surface area (Å²) in [5.41, 5.74) is 0.739. The molecule has 2 rings (SSSR count). The van der Waals surface area contributed by atoms with Crippen LogP contribution in [0.1, 0.15) is 19.4 Å². The van der Waals surface area contributed by atoms with Gasteiger partial charge in [0.25, 0.3) is 0 Å². The molecule has 1 aromatic carbocycles. The fraction of sp³-hybridized carbons (Fsp3) is 0.474. The molecule has 2 amide bonds. The van der Waals surface area contributed by atoms with Gasteiger partial charge in [-0.15, -0.1) is 0 Å². The predicted octanol–water partition coefficient (Wildman–Crippen LogP) is 3.06. The fourth-order valence-corrected chi connectivity index (χ4v) is 3.04. The molecule has 1 saturated heterocycles. The maximum Gasteiger partial charge on any atom is 0.409 e. The summed E-state index contributed by atoms with van der Waals surface area (Å²) in [5, 5.41) is 0.415. The van der Waals surface area contributed by atoms with E-state index in [0.29, 0.717) is 55.9 Å². The zero-order chi connectivity index (χ0) is 19.8. The van der Waals surface area contributed by atoms with E-state index < -0.39 is 0 Å². The van der Waals surface area contributed by atoms with Crippen LogP contribution in [0.4, 0.5) is 4.79 Å². The average Bonchev–Trinajstić information content (AvgIpc) is 2.66. The Bertz CT molecular complexity index is 700. The smallest absolute Gasteiger partial charge is 0.409 e. The lowest BCUT2D eigenvalue weighted by Gasteiger charge is -2.33. The van der Waals surface area contributed by atoms with E-state index in [2.05, 4.69) is 0 Å². The second-order valence-corrected chi connectivity index (χ2v) is 6.22. The first-order valence-corrected chi connectivity index (χ1v) is 9.26. The Labute approximate surface area is 164 Å². The van der Waals surface area contributed by atoms with Gasteiger partial charge in [-0.3, -0.25) is 4.79 Å². The third-order valence-electron chi connectivity index (χ3n) is 4.07. The maximum atomic E-state index is 12.4. The van der Waals surface area contributed by atoms with Gasteiger partial charge in [0.05, 0.1) is 25.3 Å². The van der Waals surface area contributed by atoms with E-state index in [1.54, 1.807) is 34.9 Å². The van der Waals surface area contributed by atoms with Gasteiger partial charge < -0.3 is 24.0 Å². The van der Waals surface area contributed by atoms with Gasteiger partial charge in [-0.1, -0.05) is 11.6 Å². The van der Waals surface area contributed by atoms with Crippen LogP contribution in [0, 0.1) is 0 Å². The van der Waals surface area contributed by atoms with Gasteiger partial charge in [0, 0.05) is 32.3 Å². The molecule has 1 aromatic rings. The van der Waals surface area contributed by atoms with Crippen molar-refractivity contribution in [2.75, 3.05) is 46.5 Å². The van der Waals surface area contributed by atoms with Gasteiger partial charge in [-0.25, -0.2) is 4.79 Å². The highest BCUT2D eigenvalue weighted by Crippen LogP contribution is 2.36. The number of halogens is 1. The molecule has 0 radical (unpaired) electrons. The van der Waals surface area contributed by atoms with Crippen LogP contribution in [0.2, 0.25) is 5.02 Å². The Morgan fingerprint density at radius 3 is 2.37 bits per heavy atom. The van der Waals surface area contributed by atoms with Crippen LogP contribution < -0.4 is 9.47 Å². The highest BCUT2D eigenvalue weighted by molar-refractivity contribution is 6.32. The number of benzene rings is 1. The molecule has 8 heteroatoms. The minimum absolute atomic E-state index is 0.122. The largest absolute Gasteiger partial charge is 0.491 e. The number of amides is 2. The van der Waals surface area contributed by atoms with E-state index in [4.69, 9.17) is 25.8 Å². The molecule has 1 heterocycles. The van der Waals surface area contributed by atoms with Crippen molar-refractivity contribution in [1.82, 2.24) is 9.80 Å². The third kappa shape index (κ3) is 5.53. The van der Waals surface area contributed by atoms with Gasteiger partial charge in [0.2, 0.25) is 5.91 Å². The standard InChI is InChI=1S/C19H25ClN2O5/c1-4-26-16-13-14(12-15(20)18(16)25-3)6-7-17(23)21-8-10-22(11-9-21)19(24)27-5-2/h6-7,12-13H,4-5,8-11H2,1-3H3. The molecule has 7 nitrogen and oxygen atoms in total. The number of hydrogen-bond acceptors (Lipinski definition) is 5. The zero-order valence-corrected chi connectivity index (χ0v) is 16.6. The SMILES string of the molecule is CCOC(=O)N1CCN(C(=O)C=Cc2cc(Cl)c(OC)c(OCC)c2)CC1. The summed E-state index contributed by atoms with van der Waals surface area (Å²) in [6, 6.07) is 3.49. The van der Waals surface area contributed by atoms with Crippen molar-refractivity contribution in [3.05, 3.63) is 28.8 Å². The van der Waals surface area contributed by atoms with Gasteiger partial charge in [-0.05, 0) is 37.6 Å². The topological polar surface area (TPSA) is 68.3 Å². The van der Waals surface area contributed by atoms with Gasteiger partial charge in [0.1, 0.15) is 0 Å². The predicted molar refractivity (Wildman–Crippen MR) is 103 cm³/mol. The molecular formula is C19H25ClN2O5. The molecule has 0 spiro atoms. The normalized spacial score (nSPS) is 14.4. The van der Waals surface area contributed by atoms with E-state index in [0.717, 1.165) is 5.56 Å². The molecule has 1 fully saturated rings. The highest BCUT2D eigenvalue weighted by Gasteiger charge is 2.23. The Kier molecular flexibility index (Phi) is 7.79. The molecular weight excluding hydrogens is 372 g/mol. The van der Waals surface area contributed by atoms with Crippen molar-refractivity contribution in [1.29, 1.82) is 0 Å². The summed E-state index contributed by atoms with van der Waals surface area (Å²) in [4.78, 5) is 27.4. The minimum Gasteiger partial charge on any atom is -0.491 e. The average molecular weight is 397 g/mol. The van der Waals surface area contributed by atoms with E-state index in [1.165, 1.54) is 13.2 Å². The molecule has 0 aromatic heterocycles. The zero-order valence-electron chi connectivity index (χ0n) is 15.9. The van der Waals surface area contributed by atoms with Crippen molar-refractivity contribution >= 4 is 29.7 Å².